The molecule has 0 saturated heterocycles. The van der Waals surface area contributed by atoms with Crippen LogP contribution in [0.1, 0.15) is 5.56 Å². The van der Waals surface area contributed by atoms with Crippen molar-refractivity contribution >= 4 is 79.0 Å². The first-order chi connectivity index (χ1) is 23.3. The third kappa shape index (κ3) is 3.76. The SMILES string of the molecule is Cc1ccc(N2c3ccccc3B3c4cc5c6ccccc6n(-c6ccccc6)c5cc4N(c4ccccc4)c4cccc2c43)cc1. The Morgan fingerprint density at radius 2 is 1.00 bits per heavy atom. The Balaban J connectivity index is 1.33. The van der Waals surface area contributed by atoms with E-state index >= 15 is 0 Å². The minimum atomic E-state index is 0.0808. The molecule has 2 aliphatic heterocycles. The standard InChI is InChI=1S/C43H30BN3/c1-29-23-25-32(26-24-29)46-38-20-11-9-18-35(38)44-36-27-34-33-17-8-10-19-37(33)45(30-13-4-2-5-14-30)41(34)28-42(36)47(31-15-6-3-7-16-31)40-22-12-21-39(46)43(40)44/h2-28H,1H3. The highest BCUT2D eigenvalue weighted by Gasteiger charge is 2.43. The van der Waals surface area contributed by atoms with Gasteiger partial charge in [-0.05, 0) is 90.0 Å². The smallest absolute Gasteiger partial charge is 0.252 e. The maximum absolute atomic E-state index is 2.49. The second-order valence-electron chi connectivity index (χ2n) is 12.7. The molecule has 0 spiro atoms. The van der Waals surface area contributed by atoms with Gasteiger partial charge in [0, 0.05) is 50.6 Å². The fraction of sp³-hybridized carbons (Fsp3) is 0.0233. The molecule has 3 heterocycles. The van der Waals surface area contributed by atoms with Crippen LogP contribution in [-0.2, 0) is 0 Å². The van der Waals surface area contributed by atoms with E-state index in [0.29, 0.717) is 0 Å². The van der Waals surface area contributed by atoms with Crippen molar-refractivity contribution in [3.05, 3.63) is 169 Å². The summed E-state index contributed by atoms with van der Waals surface area (Å²) in [6, 6.07) is 60.1. The molecule has 7 aromatic carbocycles. The van der Waals surface area contributed by atoms with Crippen molar-refractivity contribution in [1.29, 1.82) is 0 Å². The summed E-state index contributed by atoms with van der Waals surface area (Å²) >= 11 is 0. The van der Waals surface area contributed by atoms with Crippen molar-refractivity contribution in [3.63, 3.8) is 0 Å². The van der Waals surface area contributed by atoms with Crippen molar-refractivity contribution in [2.24, 2.45) is 0 Å². The van der Waals surface area contributed by atoms with Gasteiger partial charge in [0.05, 0.1) is 11.0 Å². The quantitative estimate of drug-likeness (QED) is 0.188. The third-order valence-corrected chi connectivity index (χ3v) is 10.0. The van der Waals surface area contributed by atoms with Crippen LogP contribution in [0.15, 0.2) is 164 Å². The van der Waals surface area contributed by atoms with Gasteiger partial charge in [-0.25, -0.2) is 0 Å². The predicted molar refractivity (Wildman–Crippen MR) is 200 cm³/mol. The highest BCUT2D eigenvalue weighted by molar-refractivity contribution is 7.00. The van der Waals surface area contributed by atoms with Gasteiger partial charge in [0.1, 0.15) is 0 Å². The fourth-order valence-electron chi connectivity index (χ4n) is 8.03. The third-order valence-electron chi connectivity index (χ3n) is 10.0. The summed E-state index contributed by atoms with van der Waals surface area (Å²) < 4.78 is 2.42. The fourth-order valence-corrected chi connectivity index (χ4v) is 8.03. The average molecular weight is 600 g/mol. The van der Waals surface area contributed by atoms with E-state index in [-0.39, 0.29) is 6.71 Å². The number of anilines is 6. The summed E-state index contributed by atoms with van der Waals surface area (Å²) in [5.41, 5.74) is 16.1. The molecule has 0 unspecified atom stereocenters. The monoisotopic (exact) mass is 599 g/mol. The van der Waals surface area contributed by atoms with Crippen LogP contribution < -0.4 is 26.2 Å². The lowest BCUT2D eigenvalue weighted by Crippen LogP contribution is -2.61. The van der Waals surface area contributed by atoms with Crippen LogP contribution in [0.4, 0.5) is 34.1 Å². The molecule has 0 amide bonds. The number of aromatic nitrogens is 1. The summed E-state index contributed by atoms with van der Waals surface area (Å²) in [5.74, 6) is 0. The molecule has 3 nitrogen and oxygen atoms in total. The molecular formula is C43H30BN3. The minimum Gasteiger partial charge on any atom is -0.311 e. The second-order valence-corrected chi connectivity index (χ2v) is 12.7. The summed E-state index contributed by atoms with van der Waals surface area (Å²) in [4.78, 5) is 4.94. The number of para-hydroxylation sites is 4. The largest absolute Gasteiger partial charge is 0.311 e. The highest BCUT2D eigenvalue weighted by atomic mass is 15.2. The number of benzene rings is 7. The number of nitrogens with zero attached hydrogens (tertiary/aromatic N) is 3. The Morgan fingerprint density at radius 1 is 0.404 bits per heavy atom. The molecule has 10 rings (SSSR count). The molecule has 0 saturated carbocycles. The van der Waals surface area contributed by atoms with Gasteiger partial charge in [-0.2, -0.15) is 0 Å². The van der Waals surface area contributed by atoms with Crippen molar-refractivity contribution in [3.8, 4) is 5.69 Å². The molecule has 47 heavy (non-hydrogen) atoms. The van der Waals surface area contributed by atoms with Crippen LogP contribution in [0.25, 0.3) is 27.5 Å². The van der Waals surface area contributed by atoms with Crippen molar-refractivity contribution in [1.82, 2.24) is 4.57 Å². The van der Waals surface area contributed by atoms with Gasteiger partial charge in [-0.3, -0.25) is 0 Å². The lowest BCUT2D eigenvalue weighted by molar-refractivity contribution is 1.18. The molecule has 4 heteroatoms. The molecule has 0 bridgehead atoms. The number of hydrogen-bond donors (Lipinski definition) is 0. The molecule has 220 valence electrons. The summed E-state index contributed by atoms with van der Waals surface area (Å²) in [7, 11) is 0. The molecule has 1 aromatic heterocycles. The Kier molecular flexibility index (Phi) is 5.59. The van der Waals surface area contributed by atoms with Crippen molar-refractivity contribution in [2.45, 2.75) is 6.92 Å². The second kappa shape index (κ2) is 10.0. The lowest BCUT2D eigenvalue weighted by Gasteiger charge is -2.44. The number of rotatable bonds is 3. The first-order valence-corrected chi connectivity index (χ1v) is 16.3. The van der Waals surface area contributed by atoms with E-state index in [1.54, 1.807) is 0 Å². The zero-order chi connectivity index (χ0) is 31.1. The summed E-state index contributed by atoms with van der Waals surface area (Å²) in [6.45, 7) is 2.23. The van der Waals surface area contributed by atoms with Crippen LogP contribution in [0.2, 0.25) is 0 Å². The Labute approximate surface area is 274 Å². The van der Waals surface area contributed by atoms with Gasteiger partial charge in [-0.1, -0.05) is 103 Å². The molecule has 2 aliphatic rings. The van der Waals surface area contributed by atoms with Gasteiger partial charge < -0.3 is 14.4 Å². The maximum atomic E-state index is 2.49. The zero-order valence-corrected chi connectivity index (χ0v) is 26.0. The summed E-state index contributed by atoms with van der Waals surface area (Å²) in [6.07, 6.45) is 0. The number of hydrogen-bond acceptors (Lipinski definition) is 2. The topological polar surface area (TPSA) is 11.4 Å². The van der Waals surface area contributed by atoms with Crippen LogP contribution in [0.5, 0.6) is 0 Å². The van der Waals surface area contributed by atoms with Crippen LogP contribution in [-0.4, -0.2) is 11.3 Å². The van der Waals surface area contributed by atoms with E-state index in [9.17, 15) is 0 Å². The lowest BCUT2D eigenvalue weighted by atomic mass is 9.33. The minimum absolute atomic E-state index is 0.0808. The molecule has 0 N–H and O–H groups in total. The first-order valence-electron chi connectivity index (χ1n) is 16.3. The van der Waals surface area contributed by atoms with E-state index < -0.39 is 0 Å². The van der Waals surface area contributed by atoms with E-state index in [1.165, 1.54) is 77.9 Å². The molecule has 8 aromatic rings. The molecule has 0 fully saturated rings. The van der Waals surface area contributed by atoms with Gasteiger partial charge in [0.15, 0.2) is 0 Å². The summed E-state index contributed by atoms with van der Waals surface area (Å²) in [5, 5.41) is 2.54. The molecule has 0 aliphatic carbocycles. The Bertz CT molecular complexity index is 2480. The first kappa shape index (κ1) is 26.2. The van der Waals surface area contributed by atoms with Gasteiger partial charge >= 0.3 is 0 Å². The van der Waals surface area contributed by atoms with Crippen LogP contribution in [0, 0.1) is 6.92 Å². The van der Waals surface area contributed by atoms with Crippen LogP contribution in [0.3, 0.4) is 0 Å². The number of fused-ring (bicyclic) bond motifs is 7. The average Bonchev–Trinajstić information content (AvgIpc) is 3.45. The van der Waals surface area contributed by atoms with Gasteiger partial charge in [0.25, 0.3) is 6.71 Å². The Hall–Kier alpha value is -6.00. The molecule has 0 atom stereocenters. The van der Waals surface area contributed by atoms with Crippen LogP contribution >= 0.6 is 0 Å². The van der Waals surface area contributed by atoms with Gasteiger partial charge in [-0.15, -0.1) is 0 Å². The molecular weight excluding hydrogens is 569 g/mol. The highest BCUT2D eigenvalue weighted by Crippen LogP contribution is 2.45. The normalized spacial score (nSPS) is 13.1. The van der Waals surface area contributed by atoms with E-state index in [2.05, 4.69) is 185 Å². The van der Waals surface area contributed by atoms with E-state index in [0.717, 1.165) is 5.69 Å². The van der Waals surface area contributed by atoms with E-state index in [1.807, 2.05) is 0 Å². The Morgan fingerprint density at radius 3 is 1.77 bits per heavy atom. The van der Waals surface area contributed by atoms with Crippen molar-refractivity contribution in [2.75, 3.05) is 9.80 Å². The predicted octanol–water partition coefficient (Wildman–Crippen LogP) is 9.17. The molecule has 0 radical (unpaired) electrons. The van der Waals surface area contributed by atoms with Gasteiger partial charge in [0.2, 0.25) is 0 Å². The van der Waals surface area contributed by atoms with E-state index in [4.69, 9.17) is 0 Å². The zero-order valence-electron chi connectivity index (χ0n) is 26.0. The maximum Gasteiger partial charge on any atom is 0.252 e. The number of aryl methyl sites for hydroxylation is 1. The van der Waals surface area contributed by atoms with Crippen molar-refractivity contribution < 1.29 is 0 Å².